The van der Waals surface area contributed by atoms with Crippen molar-refractivity contribution in [1.82, 2.24) is 0 Å². The van der Waals surface area contributed by atoms with Gasteiger partial charge in [0, 0.05) is 63.6 Å². The van der Waals surface area contributed by atoms with E-state index in [4.69, 9.17) is 0 Å². The lowest BCUT2D eigenvalue weighted by Crippen LogP contribution is -1.82. The van der Waals surface area contributed by atoms with Crippen molar-refractivity contribution < 1.29 is 0 Å². The van der Waals surface area contributed by atoms with Gasteiger partial charge in [-0.3, -0.25) is 0 Å². The van der Waals surface area contributed by atoms with Crippen LogP contribution in [0.2, 0.25) is 0 Å². The third kappa shape index (κ3) is 5.37. The SMILES string of the molecule is CCCCCCCCc1cc2c(s1)sc1sc3sc4sc5sc6sc7sc8sc9sc%10sc(CCCCCCCC)cc%10c9c8c7c6c5c4c3c12. The zero-order valence-electron chi connectivity index (χ0n) is 28.5. The molecule has 0 bridgehead atoms. The second kappa shape index (κ2) is 13.5. The monoisotopic (exact) mass is 868 g/mol. The van der Waals surface area contributed by atoms with E-state index >= 15 is 0 Å². The maximum absolute atomic E-state index is 2.59. The first-order chi connectivity index (χ1) is 25.2. The highest BCUT2D eigenvalue weighted by atomic mass is 32.2. The molecule has 0 nitrogen and oxygen atoms in total. The van der Waals surface area contributed by atoms with Crippen molar-refractivity contribution in [3.8, 4) is 0 Å². The Hall–Kier alpha value is -0.700. The van der Waals surface area contributed by atoms with E-state index < -0.39 is 0 Å². The summed E-state index contributed by atoms with van der Waals surface area (Å²) in [6, 6.07) is 5.17. The van der Waals surface area contributed by atoms with Crippen LogP contribution in [-0.4, -0.2) is 0 Å². The van der Waals surface area contributed by atoms with Gasteiger partial charge in [-0.25, -0.2) is 0 Å². The fourth-order valence-electron chi connectivity index (χ4n) is 8.16. The predicted octanol–water partition coefficient (Wildman–Crippen LogP) is 19.7. The van der Waals surface area contributed by atoms with Crippen LogP contribution < -0.4 is 0 Å². The fraction of sp³-hybridized carbons (Fsp3) is 0.400. The van der Waals surface area contributed by atoms with Gasteiger partial charge in [0.15, 0.2) is 0 Å². The van der Waals surface area contributed by atoms with Gasteiger partial charge in [-0.05, 0) is 37.8 Å². The van der Waals surface area contributed by atoms with Crippen molar-refractivity contribution in [2.24, 2.45) is 0 Å². The molecule has 11 heteroatoms. The maximum atomic E-state index is 2.59. The maximum Gasteiger partial charge on any atom is 0.0908 e. The summed E-state index contributed by atoms with van der Waals surface area (Å²) in [6.07, 6.45) is 18.9. The molecule has 0 aliphatic heterocycles. The molecule has 262 valence electrons. The number of hydrogen-bond donors (Lipinski definition) is 0. The third-order valence-corrected chi connectivity index (χ3v) is 24.7. The van der Waals surface area contributed by atoms with Gasteiger partial charge < -0.3 is 0 Å². The molecule has 11 heterocycles. The summed E-state index contributed by atoms with van der Waals surface area (Å²) in [7, 11) is 0. The van der Waals surface area contributed by atoms with Crippen LogP contribution in [-0.2, 0) is 12.8 Å². The summed E-state index contributed by atoms with van der Waals surface area (Å²) in [5.74, 6) is 0. The molecule has 0 spiro atoms. The van der Waals surface area contributed by atoms with Crippen LogP contribution in [0.4, 0.5) is 0 Å². The molecule has 0 aliphatic rings. The zero-order valence-corrected chi connectivity index (χ0v) is 37.5. The van der Waals surface area contributed by atoms with Gasteiger partial charge >= 0.3 is 0 Å². The molecular weight excluding hydrogens is 833 g/mol. The Labute approximate surface area is 340 Å². The van der Waals surface area contributed by atoms with Crippen LogP contribution in [0.15, 0.2) is 12.1 Å². The number of hydrogen-bond acceptors (Lipinski definition) is 11. The average Bonchev–Trinajstić information content (AvgIpc) is 3.94. The first kappa shape index (κ1) is 33.6. The fourth-order valence-corrected chi connectivity index (χ4v) is 25.2. The van der Waals surface area contributed by atoms with Gasteiger partial charge in [0.1, 0.15) is 0 Å². The summed E-state index contributed by atoms with van der Waals surface area (Å²) in [4.78, 5) is 3.19. The lowest BCUT2D eigenvalue weighted by Gasteiger charge is -1.99. The Bertz CT molecular complexity index is 2820. The molecule has 0 saturated carbocycles. The second-order valence-corrected chi connectivity index (χ2v) is 28.1. The molecule has 0 N–H and O–H groups in total. The average molecular weight is 869 g/mol. The molecule has 0 radical (unpaired) electrons. The first-order valence-corrected chi connectivity index (χ1v) is 27.5. The molecule has 11 aromatic heterocycles. The minimum Gasteiger partial charge on any atom is -0.129 e. The molecule has 11 aromatic rings. The summed E-state index contributed by atoms with van der Waals surface area (Å²) in [5, 5.41) is 15.7. The molecule has 0 atom stereocenters. The van der Waals surface area contributed by atoms with Gasteiger partial charge in [0.2, 0.25) is 0 Å². The Morgan fingerprint density at radius 2 is 0.569 bits per heavy atom. The Kier molecular flexibility index (Phi) is 8.90. The van der Waals surface area contributed by atoms with E-state index in [2.05, 4.69) is 151 Å². The lowest BCUT2D eigenvalue weighted by molar-refractivity contribution is 0.609. The standard InChI is InChI=1S/C40H36S11/c1-3-5-7-9-11-13-15-19-17-21-23-25-27-29-30-28-26-24-22-18-20(16-14-12-10-8-6-4-2)42-32(22)44-34(24)46-36(26)48-38(28)50-40(30)51-39(29)49-37(27)47-35(25)45-33(23)43-31(21)41-19/h17-18H,3-16H2,1-2H3. The molecule has 0 fully saturated rings. The molecule has 0 aromatic carbocycles. The van der Waals surface area contributed by atoms with Gasteiger partial charge in [0.25, 0.3) is 0 Å². The van der Waals surface area contributed by atoms with Crippen molar-refractivity contribution in [3.05, 3.63) is 21.9 Å². The third-order valence-electron chi connectivity index (χ3n) is 10.6. The predicted molar refractivity (Wildman–Crippen MR) is 252 cm³/mol. The van der Waals surface area contributed by atoms with E-state index in [1.807, 2.05) is 0 Å². The van der Waals surface area contributed by atoms with Crippen molar-refractivity contribution in [2.75, 3.05) is 0 Å². The van der Waals surface area contributed by atoms with Crippen molar-refractivity contribution >= 4 is 219 Å². The molecule has 51 heavy (non-hydrogen) atoms. The van der Waals surface area contributed by atoms with E-state index in [1.165, 1.54) is 89.9 Å². The van der Waals surface area contributed by atoms with Crippen LogP contribution in [0, 0.1) is 0 Å². The van der Waals surface area contributed by atoms with E-state index in [0.717, 1.165) is 0 Å². The highest BCUT2D eigenvalue weighted by Gasteiger charge is 2.28. The van der Waals surface area contributed by atoms with Crippen LogP contribution in [0.3, 0.4) is 0 Å². The minimum absolute atomic E-state index is 1.25. The summed E-state index contributed by atoms with van der Waals surface area (Å²) in [5.41, 5.74) is 0. The first-order valence-electron chi connectivity index (χ1n) is 18.5. The second-order valence-electron chi connectivity index (χ2n) is 14.1. The van der Waals surface area contributed by atoms with Gasteiger partial charge in [-0.1, -0.05) is 78.1 Å². The highest BCUT2D eigenvalue weighted by Crippen LogP contribution is 2.61. The van der Waals surface area contributed by atoms with Gasteiger partial charge in [-0.2, -0.15) is 0 Å². The Morgan fingerprint density at radius 1 is 0.294 bits per heavy atom. The molecule has 0 saturated heterocycles. The van der Waals surface area contributed by atoms with Crippen LogP contribution >= 0.6 is 125 Å². The summed E-state index contributed by atoms with van der Waals surface area (Å²) >= 11 is 22.8. The molecule has 11 rings (SSSR count). The van der Waals surface area contributed by atoms with Crippen LogP contribution in [0.25, 0.3) is 94.0 Å². The summed E-state index contributed by atoms with van der Waals surface area (Å²) in [6.45, 7) is 4.62. The molecule has 0 unspecified atom stereocenters. The van der Waals surface area contributed by atoms with Crippen molar-refractivity contribution in [3.63, 3.8) is 0 Å². The number of thiophene rings is 11. The van der Waals surface area contributed by atoms with E-state index in [-0.39, 0.29) is 0 Å². The van der Waals surface area contributed by atoms with Gasteiger partial charge in [-0.15, -0.1) is 125 Å². The number of rotatable bonds is 14. The zero-order chi connectivity index (χ0) is 33.8. The molecule has 0 aliphatic carbocycles. The van der Waals surface area contributed by atoms with Crippen molar-refractivity contribution in [1.29, 1.82) is 0 Å². The van der Waals surface area contributed by atoms with Crippen LogP contribution in [0.1, 0.15) is 101 Å². The highest BCUT2D eigenvalue weighted by molar-refractivity contribution is 7.63. The number of unbranched alkanes of at least 4 members (excludes halogenated alkanes) is 10. The van der Waals surface area contributed by atoms with Gasteiger partial charge in [0.05, 0.1) is 40.1 Å². The topological polar surface area (TPSA) is 0 Å². The normalized spacial score (nSPS) is 13.2. The van der Waals surface area contributed by atoms with E-state index in [9.17, 15) is 0 Å². The van der Waals surface area contributed by atoms with Crippen molar-refractivity contribution in [2.45, 2.75) is 104 Å². The number of fused-ring (bicyclic) bond motifs is 19. The van der Waals surface area contributed by atoms with E-state index in [0.29, 0.717) is 0 Å². The quantitative estimate of drug-likeness (QED) is 0.0955. The van der Waals surface area contributed by atoms with Crippen LogP contribution in [0.5, 0.6) is 0 Å². The largest absolute Gasteiger partial charge is 0.129 e. The Morgan fingerprint density at radius 3 is 0.922 bits per heavy atom. The summed E-state index contributed by atoms with van der Waals surface area (Å²) < 4.78 is 15.4. The Balaban J connectivity index is 1.04. The van der Waals surface area contributed by atoms with E-state index in [1.54, 1.807) is 104 Å². The molecule has 0 amide bonds. The smallest absolute Gasteiger partial charge is 0.0908 e. The molecular formula is C40H36S11. The minimum atomic E-state index is 1.25. The number of aryl methyl sites for hydroxylation is 2. The lowest BCUT2D eigenvalue weighted by atomic mass is 10.1.